The summed E-state index contributed by atoms with van der Waals surface area (Å²) in [5.74, 6) is 0.415. The van der Waals surface area contributed by atoms with Gasteiger partial charge in [0.15, 0.2) is 5.82 Å². The summed E-state index contributed by atoms with van der Waals surface area (Å²) in [6.45, 7) is 3.31. The first-order chi connectivity index (χ1) is 8.19. The number of anilines is 1. The molecule has 0 aliphatic rings. The van der Waals surface area contributed by atoms with Crippen molar-refractivity contribution in [1.29, 1.82) is 0 Å². The van der Waals surface area contributed by atoms with Crippen molar-refractivity contribution in [3.63, 3.8) is 0 Å². The summed E-state index contributed by atoms with van der Waals surface area (Å²) in [6, 6.07) is 1.45. The first-order valence-corrected chi connectivity index (χ1v) is 6.04. The van der Waals surface area contributed by atoms with E-state index in [-0.39, 0.29) is 5.82 Å². The molecule has 0 aromatic carbocycles. The molecule has 2 heterocycles. The number of rotatable bonds is 4. The molecule has 0 aliphatic carbocycles. The van der Waals surface area contributed by atoms with Gasteiger partial charge in [-0.2, -0.15) is 5.10 Å². The van der Waals surface area contributed by atoms with Crippen LogP contribution in [0.25, 0.3) is 0 Å². The largest absolute Gasteiger partial charge is 0.364 e. The highest BCUT2D eigenvalue weighted by atomic mass is 79.9. The van der Waals surface area contributed by atoms with E-state index in [1.165, 1.54) is 12.3 Å². The number of hydrogen-bond acceptors (Lipinski definition) is 3. The lowest BCUT2D eigenvalue weighted by atomic mass is 10.3. The topological polar surface area (TPSA) is 42.7 Å². The van der Waals surface area contributed by atoms with Crippen molar-refractivity contribution >= 4 is 21.7 Å². The number of hydrogen-bond donors (Lipinski definition) is 1. The molecule has 1 N–H and O–H groups in total. The van der Waals surface area contributed by atoms with E-state index in [1.807, 2.05) is 17.8 Å². The smallest absolute Gasteiger partial charge is 0.162 e. The average molecular weight is 299 g/mol. The first kappa shape index (κ1) is 12.0. The molecule has 90 valence electrons. The fraction of sp³-hybridized carbons (Fsp3) is 0.273. The third-order valence-corrected chi connectivity index (χ3v) is 2.84. The predicted octanol–water partition coefficient (Wildman–Crippen LogP) is 2.81. The molecule has 0 amide bonds. The first-order valence-electron chi connectivity index (χ1n) is 5.25. The molecule has 0 radical (unpaired) electrons. The Labute approximate surface area is 107 Å². The molecule has 6 heteroatoms. The maximum Gasteiger partial charge on any atom is 0.162 e. The van der Waals surface area contributed by atoms with Crippen molar-refractivity contribution in [3.8, 4) is 0 Å². The van der Waals surface area contributed by atoms with Crippen molar-refractivity contribution in [2.24, 2.45) is 0 Å². The minimum atomic E-state index is -0.331. The lowest BCUT2D eigenvalue weighted by Crippen LogP contribution is -2.02. The number of aryl methyl sites for hydroxylation is 1. The third-order valence-electron chi connectivity index (χ3n) is 2.26. The van der Waals surface area contributed by atoms with Crippen LogP contribution in [-0.2, 0) is 13.1 Å². The lowest BCUT2D eigenvalue weighted by Gasteiger charge is -2.03. The molecule has 4 nitrogen and oxygen atoms in total. The second kappa shape index (κ2) is 5.27. The molecule has 0 spiro atoms. The van der Waals surface area contributed by atoms with Crippen LogP contribution in [0.2, 0.25) is 0 Å². The van der Waals surface area contributed by atoms with E-state index in [4.69, 9.17) is 0 Å². The molecule has 0 bridgehead atoms. The van der Waals surface area contributed by atoms with E-state index in [2.05, 4.69) is 31.3 Å². The number of nitrogens with one attached hydrogen (secondary N) is 1. The minimum absolute atomic E-state index is 0.331. The van der Waals surface area contributed by atoms with Crippen LogP contribution in [0.15, 0.2) is 29.1 Å². The minimum Gasteiger partial charge on any atom is -0.364 e. The molecule has 0 saturated carbocycles. The molecule has 0 aliphatic heterocycles. The summed E-state index contributed by atoms with van der Waals surface area (Å²) < 4.78 is 15.6. The molecule has 0 fully saturated rings. The normalized spacial score (nSPS) is 10.5. The van der Waals surface area contributed by atoms with Crippen LogP contribution in [0.4, 0.5) is 10.2 Å². The fourth-order valence-electron chi connectivity index (χ4n) is 1.42. The summed E-state index contributed by atoms with van der Waals surface area (Å²) >= 11 is 3.41. The monoisotopic (exact) mass is 298 g/mol. The number of halogens is 2. The molecular weight excluding hydrogens is 287 g/mol. The average Bonchev–Trinajstić information content (AvgIpc) is 2.68. The Morgan fingerprint density at radius 2 is 2.29 bits per heavy atom. The SMILES string of the molecule is CCn1cc(Br)c(NCc2cncc(F)c2)n1. The molecule has 0 saturated heterocycles. The Morgan fingerprint density at radius 1 is 1.47 bits per heavy atom. The van der Waals surface area contributed by atoms with Gasteiger partial charge in [-0.1, -0.05) is 0 Å². The van der Waals surface area contributed by atoms with Crippen molar-refractivity contribution in [1.82, 2.24) is 14.8 Å². The zero-order valence-electron chi connectivity index (χ0n) is 9.32. The Bertz CT molecular complexity index is 512. The van der Waals surface area contributed by atoms with Crippen molar-refractivity contribution < 1.29 is 4.39 Å². The van der Waals surface area contributed by atoms with Gasteiger partial charge in [0.05, 0.1) is 10.7 Å². The van der Waals surface area contributed by atoms with Crippen LogP contribution in [0.3, 0.4) is 0 Å². The maximum absolute atomic E-state index is 12.9. The summed E-state index contributed by atoms with van der Waals surface area (Å²) in [7, 11) is 0. The standard InChI is InChI=1S/C11H12BrFN4/c1-2-17-7-10(12)11(16-17)15-5-8-3-9(13)6-14-4-8/h3-4,6-7H,2,5H2,1H3,(H,15,16). The van der Waals surface area contributed by atoms with E-state index in [0.29, 0.717) is 6.54 Å². The van der Waals surface area contributed by atoms with Crippen molar-refractivity contribution in [3.05, 3.63) is 40.5 Å². The van der Waals surface area contributed by atoms with Crippen LogP contribution in [0.1, 0.15) is 12.5 Å². The van der Waals surface area contributed by atoms with Gasteiger partial charge in [-0.3, -0.25) is 9.67 Å². The summed E-state index contributed by atoms with van der Waals surface area (Å²) in [4.78, 5) is 3.79. The molecule has 0 unspecified atom stereocenters. The lowest BCUT2D eigenvalue weighted by molar-refractivity contribution is 0.619. The van der Waals surface area contributed by atoms with Gasteiger partial charge in [-0.15, -0.1) is 0 Å². The van der Waals surface area contributed by atoms with Gasteiger partial charge in [0.25, 0.3) is 0 Å². The zero-order chi connectivity index (χ0) is 12.3. The summed E-state index contributed by atoms with van der Waals surface area (Å²) in [5, 5.41) is 7.44. The molecular formula is C11H12BrFN4. The zero-order valence-corrected chi connectivity index (χ0v) is 10.9. The van der Waals surface area contributed by atoms with Gasteiger partial charge in [0.1, 0.15) is 5.82 Å². The molecule has 17 heavy (non-hydrogen) atoms. The van der Waals surface area contributed by atoms with E-state index in [0.717, 1.165) is 22.4 Å². The Balaban J connectivity index is 2.04. The van der Waals surface area contributed by atoms with Crippen LogP contribution in [0.5, 0.6) is 0 Å². The molecule has 2 rings (SSSR count). The summed E-state index contributed by atoms with van der Waals surface area (Å²) in [5.41, 5.74) is 0.781. The van der Waals surface area contributed by atoms with Gasteiger partial charge in [0, 0.05) is 25.5 Å². The Kier molecular flexibility index (Phi) is 3.73. The van der Waals surface area contributed by atoms with Gasteiger partial charge < -0.3 is 5.32 Å². The van der Waals surface area contributed by atoms with E-state index >= 15 is 0 Å². The second-order valence-electron chi connectivity index (χ2n) is 3.55. The molecule has 0 atom stereocenters. The highest BCUT2D eigenvalue weighted by molar-refractivity contribution is 9.10. The van der Waals surface area contributed by atoms with Crippen molar-refractivity contribution in [2.75, 3.05) is 5.32 Å². The van der Waals surface area contributed by atoms with Gasteiger partial charge in [-0.25, -0.2) is 4.39 Å². The van der Waals surface area contributed by atoms with Crippen LogP contribution in [0, 0.1) is 5.82 Å². The van der Waals surface area contributed by atoms with Crippen LogP contribution >= 0.6 is 15.9 Å². The fourth-order valence-corrected chi connectivity index (χ4v) is 1.87. The maximum atomic E-state index is 12.9. The van der Waals surface area contributed by atoms with Crippen LogP contribution in [-0.4, -0.2) is 14.8 Å². The summed E-state index contributed by atoms with van der Waals surface area (Å²) in [6.07, 6.45) is 4.71. The van der Waals surface area contributed by atoms with Crippen molar-refractivity contribution in [2.45, 2.75) is 20.0 Å². The third kappa shape index (κ3) is 3.03. The Morgan fingerprint density at radius 3 is 2.94 bits per heavy atom. The van der Waals surface area contributed by atoms with Crippen LogP contribution < -0.4 is 5.32 Å². The van der Waals surface area contributed by atoms with E-state index in [1.54, 1.807) is 6.20 Å². The highest BCUT2D eigenvalue weighted by Gasteiger charge is 2.05. The quantitative estimate of drug-likeness (QED) is 0.944. The van der Waals surface area contributed by atoms with Gasteiger partial charge >= 0.3 is 0 Å². The predicted molar refractivity (Wildman–Crippen MR) is 67.1 cm³/mol. The number of nitrogens with zero attached hydrogens (tertiary/aromatic N) is 3. The molecule has 2 aromatic rings. The molecule has 2 aromatic heterocycles. The van der Waals surface area contributed by atoms with Gasteiger partial charge in [0.2, 0.25) is 0 Å². The van der Waals surface area contributed by atoms with E-state index < -0.39 is 0 Å². The Hall–Kier alpha value is -1.43. The highest BCUT2D eigenvalue weighted by Crippen LogP contribution is 2.20. The second-order valence-corrected chi connectivity index (χ2v) is 4.40. The number of pyridine rings is 1. The number of aromatic nitrogens is 3. The van der Waals surface area contributed by atoms with E-state index in [9.17, 15) is 4.39 Å². The van der Waals surface area contributed by atoms with Gasteiger partial charge in [-0.05, 0) is 34.5 Å².